The van der Waals surface area contributed by atoms with Crippen LogP contribution >= 0.6 is 11.8 Å². The fourth-order valence-corrected chi connectivity index (χ4v) is 3.98. The highest BCUT2D eigenvalue weighted by molar-refractivity contribution is 8.06. The Labute approximate surface area is 155 Å². The Hall–Kier alpha value is -1.49. The van der Waals surface area contributed by atoms with Gasteiger partial charge < -0.3 is 10.4 Å². The van der Waals surface area contributed by atoms with E-state index in [-0.39, 0.29) is 5.57 Å². The molecule has 1 aliphatic carbocycles. The minimum atomic E-state index is -0.928. The number of hydrogen-bond donors (Lipinski definition) is 2. The average Bonchev–Trinajstić information content (AvgIpc) is 3.35. The van der Waals surface area contributed by atoms with Crippen LogP contribution in [0, 0.1) is 5.41 Å². The van der Waals surface area contributed by atoms with E-state index in [4.69, 9.17) is 5.11 Å². The Morgan fingerprint density at radius 2 is 2.00 bits per heavy atom. The first-order chi connectivity index (χ1) is 12.0. The summed E-state index contributed by atoms with van der Waals surface area (Å²) in [5, 5.41) is 13.2. The van der Waals surface area contributed by atoms with Gasteiger partial charge >= 0.3 is 5.97 Å². The quantitative estimate of drug-likeness (QED) is 0.199. The van der Waals surface area contributed by atoms with E-state index in [1.165, 1.54) is 50.3 Å². The lowest BCUT2D eigenvalue weighted by Crippen LogP contribution is -2.03. The zero-order valence-corrected chi connectivity index (χ0v) is 16.5. The second kappa shape index (κ2) is 11.2. The zero-order valence-electron chi connectivity index (χ0n) is 15.6. The molecule has 0 bridgehead atoms. The van der Waals surface area contributed by atoms with Crippen LogP contribution < -0.4 is 5.32 Å². The molecule has 0 atom stereocenters. The first kappa shape index (κ1) is 21.6. The smallest absolute Gasteiger partial charge is 0.331 e. The first-order valence-corrected chi connectivity index (χ1v) is 9.98. The number of aliphatic carboxylic acids is 1. The van der Waals surface area contributed by atoms with Crippen molar-refractivity contribution in [2.45, 2.75) is 72.1 Å². The average molecular weight is 366 g/mol. The highest BCUT2D eigenvalue weighted by Crippen LogP contribution is 2.53. The summed E-state index contributed by atoms with van der Waals surface area (Å²) in [4.78, 5) is 22.4. The number of rotatable bonds is 13. The SMILES string of the molecule is C/C=C(CCCCC1(CCC)CC1)\C(=C/NC=O)S/C=C(\C)C(=O)O. The lowest BCUT2D eigenvalue weighted by Gasteiger charge is -2.14. The maximum absolute atomic E-state index is 10.9. The molecule has 0 spiro atoms. The van der Waals surface area contributed by atoms with E-state index >= 15 is 0 Å². The number of carboxylic acids is 1. The van der Waals surface area contributed by atoms with E-state index < -0.39 is 5.97 Å². The molecule has 1 amide bonds. The predicted octanol–water partition coefficient (Wildman–Crippen LogP) is 5.38. The van der Waals surface area contributed by atoms with Gasteiger partial charge in [-0.2, -0.15) is 0 Å². The summed E-state index contributed by atoms with van der Waals surface area (Å²) >= 11 is 1.34. The Bertz CT molecular complexity index is 545. The van der Waals surface area contributed by atoms with Gasteiger partial charge in [0, 0.05) is 16.7 Å². The van der Waals surface area contributed by atoms with E-state index in [0.29, 0.717) is 11.8 Å². The van der Waals surface area contributed by atoms with Crippen molar-refractivity contribution in [3.63, 3.8) is 0 Å². The summed E-state index contributed by atoms with van der Waals surface area (Å²) in [6.07, 6.45) is 14.3. The molecule has 1 rings (SSSR count). The molecule has 0 aromatic heterocycles. The van der Waals surface area contributed by atoms with Crippen LogP contribution in [0.15, 0.2) is 33.7 Å². The van der Waals surface area contributed by atoms with Crippen molar-refractivity contribution in [2.75, 3.05) is 0 Å². The minimum absolute atomic E-state index is 0.285. The van der Waals surface area contributed by atoms with Crippen LogP contribution in [-0.4, -0.2) is 17.5 Å². The molecule has 1 saturated carbocycles. The van der Waals surface area contributed by atoms with Gasteiger partial charge in [-0.15, -0.1) is 0 Å². The van der Waals surface area contributed by atoms with Gasteiger partial charge in [-0.25, -0.2) is 4.79 Å². The van der Waals surface area contributed by atoms with Gasteiger partial charge in [0.25, 0.3) is 0 Å². The molecule has 0 heterocycles. The third-order valence-corrected chi connectivity index (χ3v) is 5.89. The van der Waals surface area contributed by atoms with Crippen LogP contribution in [0.4, 0.5) is 0 Å². The summed E-state index contributed by atoms with van der Waals surface area (Å²) in [5.41, 5.74) is 2.07. The number of nitrogens with one attached hydrogen (secondary N) is 1. The lowest BCUT2D eigenvalue weighted by molar-refractivity contribution is -0.132. The number of carbonyl (C=O) groups excluding carboxylic acids is 1. The highest BCUT2D eigenvalue weighted by Gasteiger charge is 2.40. The molecule has 140 valence electrons. The Morgan fingerprint density at radius 3 is 2.52 bits per heavy atom. The monoisotopic (exact) mass is 365 g/mol. The van der Waals surface area contributed by atoms with Crippen LogP contribution in [0.2, 0.25) is 0 Å². The van der Waals surface area contributed by atoms with Crippen molar-refractivity contribution in [3.8, 4) is 0 Å². The maximum atomic E-state index is 10.9. The third-order valence-electron chi connectivity index (χ3n) is 4.79. The molecule has 0 unspecified atom stereocenters. The molecule has 1 aliphatic rings. The topological polar surface area (TPSA) is 66.4 Å². The maximum Gasteiger partial charge on any atom is 0.331 e. The van der Waals surface area contributed by atoms with E-state index in [9.17, 15) is 9.59 Å². The number of thioether (sulfide) groups is 1. The van der Waals surface area contributed by atoms with Crippen LogP contribution in [0.25, 0.3) is 0 Å². The number of carboxylic acid groups (broad SMARTS) is 1. The normalized spacial score (nSPS) is 17.3. The van der Waals surface area contributed by atoms with Crippen molar-refractivity contribution in [1.29, 1.82) is 0 Å². The molecule has 4 nitrogen and oxygen atoms in total. The number of carbonyl (C=O) groups is 2. The summed E-state index contributed by atoms with van der Waals surface area (Å²) in [5.74, 6) is -0.928. The number of hydrogen-bond acceptors (Lipinski definition) is 3. The highest BCUT2D eigenvalue weighted by atomic mass is 32.2. The molecule has 2 N–H and O–H groups in total. The van der Waals surface area contributed by atoms with Crippen molar-refractivity contribution in [1.82, 2.24) is 5.32 Å². The summed E-state index contributed by atoms with van der Waals surface area (Å²) in [6, 6.07) is 0. The molecule has 1 fully saturated rings. The van der Waals surface area contributed by atoms with Gasteiger partial charge in [-0.1, -0.05) is 37.6 Å². The number of amides is 1. The number of unbranched alkanes of at least 4 members (excludes halogenated alkanes) is 1. The van der Waals surface area contributed by atoms with Crippen molar-refractivity contribution >= 4 is 24.1 Å². The van der Waals surface area contributed by atoms with E-state index in [2.05, 4.69) is 12.2 Å². The van der Waals surface area contributed by atoms with E-state index in [1.54, 1.807) is 18.5 Å². The van der Waals surface area contributed by atoms with Crippen molar-refractivity contribution in [2.24, 2.45) is 5.41 Å². The van der Waals surface area contributed by atoms with Gasteiger partial charge in [0.2, 0.25) is 6.41 Å². The second-order valence-electron chi connectivity index (χ2n) is 6.79. The van der Waals surface area contributed by atoms with Crippen LogP contribution in [0.1, 0.15) is 72.1 Å². The fraction of sp³-hybridized carbons (Fsp3) is 0.600. The van der Waals surface area contributed by atoms with Crippen LogP contribution in [-0.2, 0) is 9.59 Å². The third kappa shape index (κ3) is 7.95. The molecule has 25 heavy (non-hydrogen) atoms. The zero-order chi connectivity index (χ0) is 18.7. The Kier molecular flexibility index (Phi) is 9.65. The lowest BCUT2D eigenvalue weighted by atomic mass is 9.93. The standard InChI is InChI=1S/C20H31NO3S/c1-4-9-20(11-12-20)10-7-6-8-17(5-2)18(13-21-15-22)25-14-16(3)19(23)24/h5,13-15H,4,6-12H2,1-3H3,(H,21,22)(H,23,24)/b16-14+,17-5-,18-13+. The summed E-state index contributed by atoms with van der Waals surface area (Å²) < 4.78 is 0. The van der Waals surface area contributed by atoms with E-state index in [0.717, 1.165) is 23.3 Å². The van der Waals surface area contributed by atoms with Crippen molar-refractivity contribution in [3.05, 3.63) is 33.7 Å². The molecule has 0 aliphatic heterocycles. The minimum Gasteiger partial charge on any atom is -0.478 e. The Balaban J connectivity index is 2.57. The van der Waals surface area contributed by atoms with Gasteiger partial charge in [0.15, 0.2) is 0 Å². The van der Waals surface area contributed by atoms with Gasteiger partial charge in [-0.05, 0) is 68.8 Å². The van der Waals surface area contributed by atoms with Crippen molar-refractivity contribution < 1.29 is 14.7 Å². The first-order valence-electron chi connectivity index (χ1n) is 9.10. The largest absolute Gasteiger partial charge is 0.478 e. The summed E-state index contributed by atoms with van der Waals surface area (Å²) in [7, 11) is 0. The second-order valence-corrected chi connectivity index (χ2v) is 7.70. The molecule has 0 radical (unpaired) electrons. The molecule has 0 saturated heterocycles. The van der Waals surface area contributed by atoms with Gasteiger partial charge in [0.05, 0.1) is 0 Å². The van der Waals surface area contributed by atoms with Crippen LogP contribution in [0.5, 0.6) is 0 Å². The molecule has 0 aromatic rings. The van der Waals surface area contributed by atoms with E-state index in [1.807, 2.05) is 13.0 Å². The molecular formula is C20H31NO3S. The predicted molar refractivity (Wildman–Crippen MR) is 105 cm³/mol. The fourth-order valence-electron chi connectivity index (χ4n) is 3.07. The Morgan fingerprint density at radius 1 is 1.28 bits per heavy atom. The molecular weight excluding hydrogens is 334 g/mol. The summed E-state index contributed by atoms with van der Waals surface area (Å²) in [6.45, 7) is 5.81. The number of allylic oxidation sites excluding steroid dienone is 2. The molecule has 5 heteroatoms. The van der Waals surface area contributed by atoms with Gasteiger partial charge in [0.1, 0.15) is 0 Å². The van der Waals surface area contributed by atoms with Crippen LogP contribution in [0.3, 0.4) is 0 Å². The molecule has 0 aromatic carbocycles. The van der Waals surface area contributed by atoms with Gasteiger partial charge in [-0.3, -0.25) is 4.79 Å².